The van der Waals surface area contributed by atoms with Crippen molar-refractivity contribution in [3.63, 3.8) is 0 Å². The van der Waals surface area contributed by atoms with Gasteiger partial charge in [-0.15, -0.1) is 10.2 Å². The van der Waals surface area contributed by atoms with Gasteiger partial charge in [0.05, 0.1) is 18.5 Å². The van der Waals surface area contributed by atoms with Crippen molar-refractivity contribution >= 4 is 5.91 Å². The molecule has 0 saturated carbocycles. The molecular weight excluding hydrogens is 336 g/mol. The molecule has 2 aromatic carbocycles. The summed E-state index contributed by atoms with van der Waals surface area (Å²) in [5.41, 5.74) is 2.27. The molecule has 2 heterocycles. The monoisotopic (exact) mass is 360 g/mol. The molecule has 1 aliphatic rings. The summed E-state index contributed by atoms with van der Waals surface area (Å²) in [7, 11) is 0. The lowest BCUT2D eigenvalue weighted by Crippen LogP contribution is -2.42. The van der Waals surface area contributed by atoms with Crippen LogP contribution in [0.2, 0.25) is 0 Å². The highest BCUT2D eigenvalue weighted by atomic mass is 16.2. The minimum atomic E-state index is -0.156. The summed E-state index contributed by atoms with van der Waals surface area (Å²) in [5, 5.41) is 8.80. The molecule has 0 unspecified atom stereocenters. The molecule has 1 aliphatic heterocycles. The second-order valence-corrected chi connectivity index (χ2v) is 7.26. The van der Waals surface area contributed by atoms with Crippen LogP contribution in [0, 0.1) is 0 Å². The first kappa shape index (κ1) is 17.5. The number of hydrogen-bond donors (Lipinski definition) is 0. The molecule has 4 rings (SSSR count). The molecule has 0 aliphatic carbocycles. The molecule has 1 amide bonds. The number of aromatic nitrogens is 3. The number of fused-ring (bicyclic) bond motifs is 1. The Hall–Kier alpha value is -2.95. The molecule has 0 radical (unpaired) electrons. The largest absolute Gasteiger partial charge is 0.333 e. The van der Waals surface area contributed by atoms with Crippen LogP contribution in [-0.2, 0) is 17.8 Å². The van der Waals surface area contributed by atoms with Gasteiger partial charge in [-0.05, 0) is 25.0 Å². The Bertz CT molecular complexity index is 920. The van der Waals surface area contributed by atoms with Gasteiger partial charge < -0.3 is 9.47 Å². The maximum atomic E-state index is 13.0. The molecule has 0 N–H and O–H groups in total. The summed E-state index contributed by atoms with van der Waals surface area (Å²) < 4.78 is 2.20. The minimum Gasteiger partial charge on any atom is -0.333 e. The minimum absolute atomic E-state index is 0.145. The maximum absolute atomic E-state index is 13.0. The van der Waals surface area contributed by atoms with E-state index in [1.807, 2.05) is 60.4 Å². The number of amides is 1. The molecule has 2 atom stereocenters. The fraction of sp³-hybridized carbons (Fsp3) is 0.318. The Kier molecular flexibility index (Phi) is 4.75. The molecule has 27 heavy (non-hydrogen) atoms. The average Bonchev–Trinajstić information content (AvgIpc) is 3.11. The number of nitrogens with zero attached hydrogens (tertiary/aromatic N) is 4. The van der Waals surface area contributed by atoms with Crippen LogP contribution >= 0.6 is 0 Å². The van der Waals surface area contributed by atoms with Crippen LogP contribution < -0.4 is 0 Å². The van der Waals surface area contributed by atoms with E-state index in [9.17, 15) is 4.79 Å². The van der Waals surface area contributed by atoms with Gasteiger partial charge in [0.2, 0.25) is 5.91 Å². The summed E-state index contributed by atoms with van der Waals surface area (Å²) >= 11 is 0. The SMILES string of the molecule is C[C@@H](C(=O)N1Cc2nnc(Cc3ccccc3)n2[C@@H](C)C1)c1ccccc1. The van der Waals surface area contributed by atoms with Crippen LogP contribution in [0.4, 0.5) is 0 Å². The van der Waals surface area contributed by atoms with Crippen LogP contribution in [0.1, 0.15) is 48.6 Å². The molecule has 0 bridgehead atoms. The van der Waals surface area contributed by atoms with Crippen LogP contribution in [0.3, 0.4) is 0 Å². The van der Waals surface area contributed by atoms with Crippen LogP contribution in [0.5, 0.6) is 0 Å². The Morgan fingerprint density at radius 1 is 1.07 bits per heavy atom. The zero-order chi connectivity index (χ0) is 18.8. The van der Waals surface area contributed by atoms with Gasteiger partial charge in [-0.25, -0.2) is 0 Å². The third-order valence-corrected chi connectivity index (χ3v) is 5.28. The summed E-state index contributed by atoms with van der Waals surface area (Å²) in [6.45, 7) is 5.31. The first-order valence-corrected chi connectivity index (χ1v) is 9.44. The second kappa shape index (κ2) is 7.35. The van der Waals surface area contributed by atoms with Gasteiger partial charge in [0.25, 0.3) is 0 Å². The van der Waals surface area contributed by atoms with Crippen LogP contribution in [-0.4, -0.2) is 32.1 Å². The van der Waals surface area contributed by atoms with E-state index >= 15 is 0 Å². The molecule has 0 saturated heterocycles. The first-order chi connectivity index (χ1) is 13.1. The Labute approximate surface area is 159 Å². The zero-order valence-electron chi connectivity index (χ0n) is 15.7. The van der Waals surface area contributed by atoms with Gasteiger partial charge >= 0.3 is 0 Å². The fourth-order valence-electron chi connectivity index (χ4n) is 3.84. The van der Waals surface area contributed by atoms with Gasteiger partial charge in [-0.2, -0.15) is 0 Å². The van der Waals surface area contributed by atoms with E-state index in [1.54, 1.807) is 0 Å². The van der Waals surface area contributed by atoms with E-state index in [0.29, 0.717) is 13.1 Å². The predicted octanol–water partition coefficient (Wildman–Crippen LogP) is 3.58. The van der Waals surface area contributed by atoms with Crippen LogP contribution in [0.25, 0.3) is 0 Å². The molecule has 5 nitrogen and oxygen atoms in total. The van der Waals surface area contributed by atoms with Crippen molar-refractivity contribution in [2.75, 3.05) is 6.54 Å². The van der Waals surface area contributed by atoms with Crippen molar-refractivity contribution in [2.45, 2.75) is 38.8 Å². The van der Waals surface area contributed by atoms with E-state index in [0.717, 1.165) is 23.6 Å². The molecule has 0 spiro atoms. The highest BCUT2D eigenvalue weighted by Gasteiger charge is 2.31. The van der Waals surface area contributed by atoms with Crippen molar-refractivity contribution in [3.05, 3.63) is 83.4 Å². The number of rotatable bonds is 4. The van der Waals surface area contributed by atoms with Gasteiger partial charge in [0, 0.05) is 13.0 Å². The van der Waals surface area contributed by atoms with Gasteiger partial charge in [0.15, 0.2) is 5.82 Å². The van der Waals surface area contributed by atoms with Crippen molar-refractivity contribution in [3.8, 4) is 0 Å². The van der Waals surface area contributed by atoms with Crippen molar-refractivity contribution < 1.29 is 4.79 Å². The summed E-state index contributed by atoms with van der Waals surface area (Å²) in [4.78, 5) is 14.9. The fourth-order valence-corrected chi connectivity index (χ4v) is 3.84. The molecular formula is C22H24N4O. The molecule has 5 heteroatoms. The Balaban J connectivity index is 1.53. The number of hydrogen-bond acceptors (Lipinski definition) is 3. The Morgan fingerprint density at radius 2 is 1.74 bits per heavy atom. The summed E-state index contributed by atoms with van der Waals surface area (Å²) in [6, 6.07) is 20.4. The van der Waals surface area contributed by atoms with Gasteiger partial charge in [0.1, 0.15) is 5.82 Å². The number of benzene rings is 2. The van der Waals surface area contributed by atoms with Crippen molar-refractivity contribution in [1.82, 2.24) is 19.7 Å². The van der Waals surface area contributed by atoms with E-state index < -0.39 is 0 Å². The molecule has 3 aromatic rings. The average molecular weight is 360 g/mol. The van der Waals surface area contributed by atoms with E-state index in [1.165, 1.54) is 5.56 Å². The van der Waals surface area contributed by atoms with Crippen molar-refractivity contribution in [1.29, 1.82) is 0 Å². The standard InChI is InChI=1S/C22H24N4O/c1-16-14-25(22(27)17(2)19-11-7-4-8-12-19)15-21-24-23-20(26(16)21)13-18-9-5-3-6-10-18/h3-12,16-17H,13-15H2,1-2H3/t16-,17+/m0/s1. The lowest BCUT2D eigenvalue weighted by Gasteiger charge is -2.34. The number of carbonyl (C=O) groups is 1. The number of carbonyl (C=O) groups excluding carboxylic acids is 1. The topological polar surface area (TPSA) is 51.0 Å². The molecule has 0 fully saturated rings. The quantitative estimate of drug-likeness (QED) is 0.715. The maximum Gasteiger partial charge on any atom is 0.230 e. The third-order valence-electron chi connectivity index (χ3n) is 5.28. The lowest BCUT2D eigenvalue weighted by molar-refractivity contribution is -0.134. The second-order valence-electron chi connectivity index (χ2n) is 7.26. The summed E-state index contributed by atoms with van der Waals surface area (Å²) in [5.74, 6) is 1.82. The molecule has 1 aromatic heterocycles. The molecule has 138 valence electrons. The van der Waals surface area contributed by atoms with Gasteiger partial charge in [-0.3, -0.25) is 4.79 Å². The summed E-state index contributed by atoms with van der Waals surface area (Å²) in [6.07, 6.45) is 0.756. The smallest absolute Gasteiger partial charge is 0.230 e. The van der Waals surface area contributed by atoms with E-state index in [4.69, 9.17) is 0 Å². The zero-order valence-corrected chi connectivity index (χ0v) is 15.7. The van der Waals surface area contributed by atoms with Crippen molar-refractivity contribution in [2.24, 2.45) is 0 Å². The van der Waals surface area contributed by atoms with Crippen LogP contribution in [0.15, 0.2) is 60.7 Å². The van der Waals surface area contributed by atoms with E-state index in [-0.39, 0.29) is 17.9 Å². The highest BCUT2D eigenvalue weighted by Crippen LogP contribution is 2.26. The lowest BCUT2D eigenvalue weighted by atomic mass is 9.99. The third kappa shape index (κ3) is 3.50. The predicted molar refractivity (Wildman–Crippen MR) is 104 cm³/mol. The highest BCUT2D eigenvalue weighted by molar-refractivity contribution is 5.83. The Morgan fingerprint density at radius 3 is 2.44 bits per heavy atom. The van der Waals surface area contributed by atoms with Gasteiger partial charge in [-0.1, -0.05) is 60.7 Å². The van der Waals surface area contributed by atoms with E-state index in [2.05, 4.69) is 33.8 Å². The normalized spacial score (nSPS) is 17.4. The first-order valence-electron chi connectivity index (χ1n) is 9.44.